The van der Waals surface area contributed by atoms with Gasteiger partial charge in [0.1, 0.15) is 5.82 Å². The quantitative estimate of drug-likeness (QED) is 0.845. The Kier molecular flexibility index (Phi) is 4.32. The summed E-state index contributed by atoms with van der Waals surface area (Å²) in [6, 6.07) is 2.07. The summed E-state index contributed by atoms with van der Waals surface area (Å²) in [7, 11) is 1.37. The summed E-state index contributed by atoms with van der Waals surface area (Å²) in [5, 5.41) is 3.15. The van der Waals surface area contributed by atoms with Gasteiger partial charge in [0.25, 0.3) is 0 Å². The number of anilines is 1. The Hall–Kier alpha value is -1.32. The normalized spacial score (nSPS) is 11.4. The third kappa shape index (κ3) is 3.08. The molecule has 0 aromatic heterocycles. The molecule has 4 heteroatoms. The second-order valence-corrected chi connectivity index (χ2v) is 4.36. The molecule has 1 aromatic carbocycles. The fourth-order valence-corrected chi connectivity index (χ4v) is 1.61. The molecule has 0 unspecified atom stereocenters. The number of benzene rings is 1. The van der Waals surface area contributed by atoms with Crippen molar-refractivity contribution < 1.29 is 13.5 Å². The molecule has 1 N–H and O–H groups in total. The predicted octanol–water partition coefficient (Wildman–Crippen LogP) is 3.96. The molecule has 0 saturated carbocycles. The lowest BCUT2D eigenvalue weighted by molar-refractivity contribution is 0.382. The van der Waals surface area contributed by atoms with Crippen LogP contribution in [0, 0.1) is 11.6 Å². The van der Waals surface area contributed by atoms with E-state index in [2.05, 4.69) is 5.32 Å². The number of hydrogen-bond donors (Lipinski definition) is 1. The van der Waals surface area contributed by atoms with Gasteiger partial charge in [-0.15, -0.1) is 0 Å². The topological polar surface area (TPSA) is 21.3 Å². The Bertz CT molecular complexity index is 389. The van der Waals surface area contributed by atoms with E-state index in [1.165, 1.54) is 13.2 Å². The smallest absolute Gasteiger partial charge is 0.177 e. The summed E-state index contributed by atoms with van der Waals surface area (Å²) in [5.41, 5.74) is 0.157. The average molecular weight is 243 g/mol. The second kappa shape index (κ2) is 5.34. The predicted molar refractivity (Wildman–Crippen MR) is 65.5 cm³/mol. The summed E-state index contributed by atoms with van der Waals surface area (Å²) < 4.78 is 31.6. The number of methoxy groups -OCH3 is 1. The number of halogens is 2. The molecule has 0 radical (unpaired) electrons. The minimum absolute atomic E-state index is 0.0551. The maximum Gasteiger partial charge on any atom is 0.177 e. The zero-order valence-electron chi connectivity index (χ0n) is 10.7. The zero-order chi connectivity index (χ0) is 13.1. The lowest BCUT2D eigenvalue weighted by atomic mass is 9.95. The van der Waals surface area contributed by atoms with E-state index in [1.807, 2.05) is 20.8 Å². The van der Waals surface area contributed by atoms with Crippen LogP contribution in [-0.4, -0.2) is 12.6 Å². The van der Waals surface area contributed by atoms with Crippen molar-refractivity contribution in [3.63, 3.8) is 0 Å². The van der Waals surface area contributed by atoms with Crippen molar-refractivity contribution in [3.8, 4) is 5.75 Å². The van der Waals surface area contributed by atoms with E-state index in [9.17, 15) is 8.78 Å². The molecule has 0 atom stereocenters. The van der Waals surface area contributed by atoms with E-state index in [1.54, 1.807) is 0 Å². The number of hydrogen-bond acceptors (Lipinski definition) is 2. The van der Waals surface area contributed by atoms with Crippen LogP contribution in [0.25, 0.3) is 0 Å². The van der Waals surface area contributed by atoms with Gasteiger partial charge in [0.05, 0.1) is 12.8 Å². The maximum atomic E-state index is 13.5. The molecule has 0 aliphatic heterocycles. The minimum Gasteiger partial charge on any atom is -0.492 e. The van der Waals surface area contributed by atoms with Gasteiger partial charge in [0.15, 0.2) is 11.6 Å². The fraction of sp³-hybridized carbons (Fsp3) is 0.538. The van der Waals surface area contributed by atoms with Crippen LogP contribution in [-0.2, 0) is 0 Å². The largest absolute Gasteiger partial charge is 0.492 e. The molecular formula is C13H19F2NO. The van der Waals surface area contributed by atoms with Gasteiger partial charge in [-0.05, 0) is 19.8 Å². The van der Waals surface area contributed by atoms with Crippen LogP contribution in [0.5, 0.6) is 5.75 Å². The van der Waals surface area contributed by atoms with Gasteiger partial charge < -0.3 is 10.1 Å². The molecule has 1 rings (SSSR count). The van der Waals surface area contributed by atoms with E-state index in [0.29, 0.717) is 5.69 Å². The van der Waals surface area contributed by atoms with E-state index >= 15 is 0 Å². The van der Waals surface area contributed by atoms with Gasteiger partial charge in [0, 0.05) is 17.7 Å². The standard InChI is InChI=1S/C13H19F2NO/c1-5-13(3,6-2)16-11-8-9(14)7-10(15)12(11)17-4/h7-8,16H,5-6H2,1-4H3. The summed E-state index contributed by atoms with van der Waals surface area (Å²) in [6.07, 6.45) is 1.70. The van der Waals surface area contributed by atoms with Crippen molar-refractivity contribution in [2.24, 2.45) is 0 Å². The molecule has 2 nitrogen and oxygen atoms in total. The van der Waals surface area contributed by atoms with Crippen molar-refractivity contribution in [2.45, 2.75) is 39.2 Å². The Morgan fingerprint density at radius 3 is 2.29 bits per heavy atom. The first kappa shape index (κ1) is 13.7. The van der Waals surface area contributed by atoms with Gasteiger partial charge in [0.2, 0.25) is 0 Å². The second-order valence-electron chi connectivity index (χ2n) is 4.36. The van der Waals surface area contributed by atoms with Crippen molar-refractivity contribution in [1.82, 2.24) is 0 Å². The van der Waals surface area contributed by atoms with E-state index in [4.69, 9.17) is 4.74 Å². The lowest BCUT2D eigenvalue weighted by Gasteiger charge is -2.30. The van der Waals surface area contributed by atoms with Crippen LogP contribution < -0.4 is 10.1 Å². The Morgan fingerprint density at radius 2 is 1.82 bits per heavy atom. The van der Waals surface area contributed by atoms with Gasteiger partial charge >= 0.3 is 0 Å². The van der Waals surface area contributed by atoms with E-state index in [-0.39, 0.29) is 11.3 Å². The highest BCUT2D eigenvalue weighted by molar-refractivity contribution is 5.58. The van der Waals surface area contributed by atoms with Gasteiger partial charge in [-0.3, -0.25) is 0 Å². The molecule has 0 bridgehead atoms. The molecule has 0 amide bonds. The molecule has 1 aromatic rings. The zero-order valence-corrected chi connectivity index (χ0v) is 10.7. The summed E-state index contributed by atoms with van der Waals surface area (Å²) in [4.78, 5) is 0. The van der Waals surface area contributed by atoms with Crippen molar-refractivity contribution in [3.05, 3.63) is 23.8 Å². The molecule has 17 heavy (non-hydrogen) atoms. The average Bonchev–Trinajstić information content (AvgIpc) is 2.28. The van der Waals surface area contributed by atoms with Crippen LogP contribution in [0.4, 0.5) is 14.5 Å². The first-order chi connectivity index (χ1) is 7.95. The van der Waals surface area contributed by atoms with Crippen LogP contribution in [0.2, 0.25) is 0 Å². The molecule has 0 aliphatic carbocycles. The number of rotatable bonds is 5. The summed E-state index contributed by atoms with van der Waals surface area (Å²) >= 11 is 0. The fourth-order valence-electron chi connectivity index (χ4n) is 1.61. The summed E-state index contributed by atoms with van der Waals surface area (Å²) in [5.74, 6) is -1.25. The SMILES string of the molecule is CCC(C)(CC)Nc1cc(F)cc(F)c1OC. The van der Waals surface area contributed by atoms with Crippen LogP contribution in [0.15, 0.2) is 12.1 Å². The molecular weight excluding hydrogens is 224 g/mol. The van der Waals surface area contributed by atoms with Gasteiger partial charge in [-0.1, -0.05) is 13.8 Å². The molecule has 0 aliphatic rings. The third-order valence-electron chi connectivity index (χ3n) is 3.21. The monoisotopic (exact) mass is 243 g/mol. The number of nitrogens with one attached hydrogen (secondary N) is 1. The van der Waals surface area contributed by atoms with Crippen molar-refractivity contribution in [2.75, 3.05) is 12.4 Å². The van der Waals surface area contributed by atoms with Gasteiger partial charge in [-0.25, -0.2) is 8.78 Å². The van der Waals surface area contributed by atoms with Crippen LogP contribution in [0.3, 0.4) is 0 Å². The third-order valence-corrected chi connectivity index (χ3v) is 3.21. The highest BCUT2D eigenvalue weighted by Gasteiger charge is 2.22. The minimum atomic E-state index is -0.690. The lowest BCUT2D eigenvalue weighted by Crippen LogP contribution is -2.33. The Labute approximate surface area is 101 Å². The Morgan fingerprint density at radius 1 is 1.24 bits per heavy atom. The van der Waals surface area contributed by atoms with Crippen LogP contribution in [0.1, 0.15) is 33.6 Å². The molecule has 0 fully saturated rings. The highest BCUT2D eigenvalue weighted by Crippen LogP contribution is 2.32. The van der Waals surface area contributed by atoms with E-state index in [0.717, 1.165) is 18.9 Å². The molecule has 0 heterocycles. The molecule has 0 saturated heterocycles. The first-order valence-electron chi connectivity index (χ1n) is 5.77. The van der Waals surface area contributed by atoms with Crippen LogP contribution >= 0.6 is 0 Å². The maximum absolute atomic E-state index is 13.5. The van der Waals surface area contributed by atoms with Gasteiger partial charge in [-0.2, -0.15) is 0 Å². The molecule has 0 spiro atoms. The number of ether oxygens (including phenoxy) is 1. The highest BCUT2D eigenvalue weighted by atomic mass is 19.1. The molecule has 96 valence electrons. The van der Waals surface area contributed by atoms with E-state index < -0.39 is 11.6 Å². The Balaban J connectivity index is 3.13. The first-order valence-corrected chi connectivity index (χ1v) is 5.77. The summed E-state index contributed by atoms with van der Waals surface area (Å²) in [6.45, 7) is 6.06. The van der Waals surface area contributed by atoms with Crippen molar-refractivity contribution >= 4 is 5.69 Å². The van der Waals surface area contributed by atoms with Crippen molar-refractivity contribution in [1.29, 1.82) is 0 Å².